The third-order valence-electron chi connectivity index (χ3n) is 4.04. The minimum atomic E-state index is -0.509. The summed E-state index contributed by atoms with van der Waals surface area (Å²) in [6, 6.07) is 12.7. The van der Waals surface area contributed by atoms with Gasteiger partial charge in [0.1, 0.15) is 11.6 Å². The highest BCUT2D eigenvalue weighted by molar-refractivity contribution is 8.18. The summed E-state index contributed by atoms with van der Waals surface area (Å²) in [5.74, 6) is -0.923. The van der Waals surface area contributed by atoms with Gasteiger partial charge in [-0.3, -0.25) is 19.3 Å². The molecule has 8 heteroatoms. The van der Waals surface area contributed by atoms with Gasteiger partial charge in [0.2, 0.25) is 0 Å². The lowest BCUT2D eigenvalue weighted by Crippen LogP contribution is -2.37. The first-order chi connectivity index (χ1) is 13.5. The number of hydrogen-bond donors (Lipinski definition) is 1. The Morgan fingerprint density at radius 1 is 1.18 bits per heavy atom. The topological polar surface area (TPSA) is 75.7 Å². The summed E-state index contributed by atoms with van der Waals surface area (Å²) in [6.45, 7) is 0.0993. The Balaban J connectivity index is 1.62. The highest BCUT2D eigenvalue weighted by Crippen LogP contribution is 2.32. The van der Waals surface area contributed by atoms with Gasteiger partial charge in [0.25, 0.3) is 17.1 Å². The van der Waals surface area contributed by atoms with E-state index < -0.39 is 17.0 Å². The maximum absolute atomic E-state index is 13.8. The summed E-state index contributed by atoms with van der Waals surface area (Å²) in [7, 11) is 1.47. The molecule has 0 aliphatic carbocycles. The Morgan fingerprint density at radius 3 is 2.64 bits per heavy atom. The smallest absolute Gasteiger partial charge is 0.293 e. The minimum absolute atomic E-state index is 0.0141. The number of hydrogen-bond acceptors (Lipinski definition) is 5. The van der Waals surface area contributed by atoms with Crippen LogP contribution < -0.4 is 10.1 Å². The van der Waals surface area contributed by atoms with Crippen molar-refractivity contribution < 1.29 is 23.5 Å². The number of carbonyl (C=O) groups is 3. The van der Waals surface area contributed by atoms with Gasteiger partial charge < -0.3 is 10.1 Å². The zero-order chi connectivity index (χ0) is 20.1. The number of nitrogens with one attached hydrogen (secondary N) is 1. The quantitative estimate of drug-likeness (QED) is 0.753. The first-order valence-electron chi connectivity index (χ1n) is 8.42. The summed E-state index contributed by atoms with van der Waals surface area (Å²) in [4.78, 5) is 38.0. The highest BCUT2D eigenvalue weighted by Gasteiger charge is 2.34. The van der Waals surface area contributed by atoms with E-state index in [4.69, 9.17) is 4.74 Å². The van der Waals surface area contributed by atoms with Crippen LogP contribution in [0.25, 0.3) is 6.08 Å². The normalized spacial score (nSPS) is 15.2. The van der Waals surface area contributed by atoms with Crippen molar-refractivity contribution in [3.8, 4) is 5.75 Å². The molecule has 0 radical (unpaired) electrons. The SMILES string of the molecule is COc1ccccc1C(=O)NCCN1C(=O)S/C(=C\c2ccccc2F)C1=O. The van der Waals surface area contributed by atoms with Gasteiger partial charge in [-0.2, -0.15) is 0 Å². The molecule has 1 saturated heterocycles. The second kappa shape index (κ2) is 8.71. The number of methoxy groups -OCH3 is 1. The molecule has 0 aromatic heterocycles. The molecule has 1 aliphatic rings. The van der Waals surface area contributed by atoms with E-state index >= 15 is 0 Å². The standard InChI is InChI=1S/C20H17FN2O4S/c1-27-16-9-5-3-7-14(16)18(24)22-10-11-23-19(25)17(28-20(23)26)12-13-6-2-4-8-15(13)21/h2-9,12H,10-11H2,1H3,(H,22,24)/b17-12-. The summed E-state index contributed by atoms with van der Waals surface area (Å²) in [5.41, 5.74) is 0.594. The molecule has 1 heterocycles. The summed E-state index contributed by atoms with van der Waals surface area (Å²) < 4.78 is 18.9. The number of halogens is 1. The predicted octanol–water partition coefficient (Wildman–Crippen LogP) is 3.30. The van der Waals surface area contributed by atoms with Gasteiger partial charge >= 0.3 is 0 Å². The minimum Gasteiger partial charge on any atom is -0.496 e. The Morgan fingerprint density at radius 2 is 1.89 bits per heavy atom. The van der Waals surface area contributed by atoms with Crippen LogP contribution in [0, 0.1) is 5.82 Å². The molecule has 1 aliphatic heterocycles. The van der Waals surface area contributed by atoms with E-state index in [1.807, 2.05) is 0 Å². The van der Waals surface area contributed by atoms with Crippen LogP contribution >= 0.6 is 11.8 Å². The van der Waals surface area contributed by atoms with Crippen LogP contribution in [0.2, 0.25) is 0 Å². The van der Waals surface area contributed by atoms with E-state index in [2.05, 4.69) is 5.32 Å². The van der Waals surface area contributed by atoms with E-state index in [0.717, 1.165) is 16.7 Å². The second-order valence-corrected chi connectivity index (χ2v) is 6.80. The molecule has 144 valence electrons. The fourth-order valence-electron chi connectivity index (χ4n) is 2.63. The third-order valence-corrected chi connectivity index (χ3v) is 4.95. The first kappa shape index (κ1) is 19.6. The fourth-order valence-corrected chi connectivity index (χ4v) is 3.49. The Labute approximate surface area is 165 Å². The predicted molar refractivity (Wildman–Crippen MR) is 104 cm³/mol. The number of amides is 3. The molecular formula is C20H17FN2O4S. The zero-order valence-electron chi connectivity index (χ0n) is 15.0. The molecule has 1 fully saturated rings. The lowest BCUT2D eigenvalue weighted by atomic mass is 10.2. The van der Waals surface area contributed by atoms with Crippen LogP contribution in [0.1, 0.15) is 15.9 Å². The van der Waals surface area contributed by atoms with Crippen LogP contribution in [-0.4, -0.2) is 42.2 Å². The van der Waals surface area contributed by atoms with Crippen molar-refractivity contribution in [2.24, 2.45) is 0 Å². The molecule has 6 nitrogen and oxygen atoms in total. The summed E-state index contributed by atoms with van der Waals surface area (Å²) >= 11 is 0.746. The number of benzene rings is 2. The van der Waals surface area contributed by atoms with Gasteiger partial charge in [-0.15, -0.1) is 0 Å². The van der Waals surface area contributed by atoms with Crippen LogP contribution in [0.4, 0.5) is 9.18 Å². The van der Waals surface area contributed by atoms with Gasteiger partial charge in [-0.05, 0) is 36.0 Å². The number of carbonyl (C=O) groups excluding carboxylic acids is 3. The molecule has 28 heavy (non-hydrogen) atoms. The van der Waals surface area contributed by atoms with Crippen LogP contribution in [0.3, 0.4) is 0 Å². The summed E-state index contributed by atoms with van der Waals surface area (Å²) in [6.07, 6.45) is 1.35. The molecule has 0 bridgehead atoms. The molecule has 3 amide bonds. The van der Waals surface area contributed by atoms with Gasteiger partial charge in [-0.1, -0.05) is 30.3 Å². The number of ether oxygens (including phenoxy) is 1. The molecule has 0 unspecified atom stereocenters. The molecule has 0 atom stereocenters. The Bertz CT molecular complexity index is 961. The maximum atomic E-state index is 13.8. The van der Waals surface area contributed by atoms with Crippen molar-refractivity contribution >= 4 is 34.9 Å². The van der Waals surface area contributed by atoms with E-state index in [1.54, 1.807) is 36.4 Å². The van der Waals surface area contributed by atoms with Gasteiger partial charge in [0.15, 0.2) is 0 Å². The van der Waals surface area contributed by atoms with Crippen LogP contribution in [0.15, 0.2) is 53.4 Å². The monoisotopic (exact) mass is 400 g/mol. The Kier molecular flexibility index (Phi) is 6.10. The van der Waals surface area contributed by atoms with Gasteiger partial charge in [0, 0.05) is 18.7 Å². The van der Waals surface area contributed by atoms with Crippen LogP contribution in [-0.2, 0) is 4.79 Å². The number of nitrogens with zero attached hydrogens (tertiary/aromatic N) is 1. The molecule has 0 spiro atoms. The Hall–Kier alpha value is -3.13. The van der Waals surface area contributed by atoms with Gasteiger partial charge in [-0.25, -0.2) is 4.39 Å². The molecule has 0 saturated carbocycles. The van der Waals surface area contributed by atoms with E-state index in [1.165, 1.54) is 25.3 Å². The lowest BCUT2D eigenvalue weighted by molar-refractivity contribution is -0.122. The fraction of sp³-hybridized carbons (Fsp3) is 0.150. The molecule has 2 aromatic rings. The van der Waals surface area contributed by atoms with Crippen molar-refractivity contribution in [1.82, 2.24) is 10.2 Å². The molecule has 1 N–H and O–H groups in total. The van der Waals surface area contributed by atoms with Crippen molar-refractivity contribution in [2.75, 3.05) is 20.2 Å². The number of imide groups is 1. The lowest BCUT2D eigenvalue weighted by Gasteiger charge is -2.13. The number of rotatable bonds is 6. The van der Waals surface area contributed by atoms with Crippen LogP contribution in [0.5, 0.6) is 5.75 Å². The largest absolute Gasteiger partial charge is 0.496 e. The van der Waals surface area contributed by atoms with Crippen molar-refractivity contribution in [1.29, 1.82) is 0 Å². The van der Waals surface area contributed by atoms with Gasteiger partial charge in [0.05, 0.1) is 17.6 Å². The first-order valence-corrected chi connectivity index (χ1v) is 9.24. The molecule has 3 rings (SSSR count). The van der Waals surface area contributed by atoms with Crippen molar-refractivity contribution in [3.05, 3.63) is 70.4 Å². The number of para-hydroxylation sites is 1. The zero-order valence-corrected chi connectivity index (χ0v) is 15.8. The number of thioether (sulfide) groups is 1. The second-order valence-electron chi connectivity index (χ2n) is 5.81. The van der Waals surface area contributed by atoms with E-state index in [0.29, 0.717) is 11.3 Å². The average Bonchev–Trinajstić information content (AvgIpc) is 2.97. The van der Waals surface area contributed by atoms with Crippen molar-refractivity contribution in [3.63, 3.8) is 0 Å². The molecular weight excluding hydrogens is 383 g/mol. The van der Waals surface area contributed by atoms with E-state index in [-0.39, 0.29) is 29.5 Å². The average molecular weight is 400 g/mol. The summed E-state index contributed by atoms with van der Waals surface area (Å²) in [5, 5.41) is 2.20. The highest BCUT2D eigenvalue weighted by atomic mass is 32.2. The maximum Gasteiger partial charge on any atom is 0.293 e. The molecule has 2 aromatic carbocycles. The third kappa shape index (κ3) is 4.23. The van der Waals surface area contributed by atoms with Crippen molar-refractivity contribution in [2.45, 2.75) is 0 Å². The van der Waals surface area contributed by atoms with E-state index in [9.17, 15) is 18.8 Å².